The van der Waals surface area contributed by atoms with E-state index in [-0.39, 0.29) is 18.5 Å². The number of aromatic nitrogens is 2. The van der Waals surface area contributed by atoms with Crippen molar-refractivity contribution in [3.05, 3.63) is 30.6 Å². The molecule has 0 saturated carbocycles. The first kappa shape index (κ1) is 13.5. The number of nitrogens with zero attached hydrogens (tertiary/aromatic N) is 2. The molecule has 2 unspecified atom stereocenters. The first-order valence-electron chi connectivity index (χ1n) is 6.43. The summed E-state index contributed by atoms with van der Waals surface area (Å²) in [6.07, 6.45) is 1.81. The number of para-hydroxylation sites is 2. The molecule has 1 aromatic carbocycles. The Labute approximate surface area is 112 Å². The van der Waals surface area contributed by atoms with Gasteiger partial charge in [-0.15, -0.1) is 0 Å². The number of aliphatic hydroxyl groups excluding tert-OH is 1. The summed E-state index contributed by atoms with van der Waals surface area (Å²) in [5, 5.41) is 12.1. The number of nitrogens with one attached hydrogen (secondary N) is 1. The van der Waals surface area contributed by atoms with E-state index in [2.05, 4.69) is 10.3 Å². The Kier molecular flexibility index (Phi) is 4.16. The molecule has 5 heteroatoms. The van der Waals surface area contributed by atoms with E-state index >= 15 is 0 Å². The van der Waals surface area contributed by atoms with Gasteiger partial charge in [-0.3, -0.25) is 4.79 Å². The van der Waals surface area contributed by atoms with E-state index in [0.29, 0.717) is 6.42 Å². The lowest BCUT2D eigenvalue weighted by Gasteiger charge is -2.15. The van der Waals surface area contributed by atoms with Gasteiger partial charge in [0.05, 0.1) is 23.5 Å². The summed E-state index contributed by atoms with van der Waals surface area (Å²) < 4.78 is 1.82. The zero-order valence-corrected chi connectivity index (χ0v) is 11.2. The third-order valence-corrected chi connectivity index (χ3v) is 2.94. The Morgan fingerprint density at radius 2 is 2.16 bits per heavy atom. The van der Waals surface area contributed by atoms with Crippen LogP contribution >= 0.6 is 0 Å². The van der Waals surface area contributed by atoms with Gasteiger partial charge in [0.15, 0.2) is 0 Å². The quantitative estimate of drug-likeness (QED) is 0.852. The Hall–Kier alpha value is -1.88. The smallest absolute Gasteiger partial charge is 0.240 e. The Bertz CT molecular complexity index is 563. The van der Waals surface area contributed by atoms with Gasteiger partial charge >= 0.3 is 0 Å². The normalized spacial score (nSPS) is 14.3. The molecule has 5 nitrogen and oxygen atoms in total. The molecule has 1 amide bonds. The SMILES string of the molecule is CC(O)CC(C)NC(=O)Cn1cnc2ccccc21. The molecule has 0 fully saturated rings. The number of hydrogen-bond donors (Lipinski definition) is 2. The van der Waals surface area contributed by atoms with Crippen molar-refractivity contribution in [3.8, 4) is 0 Å². The number of imidazole rings is 1. The highest BCUT2D eigenvalue weighted by molar-refractivity contribution is 5.80. The van der Waals surface area contributed by atoms with Gasteiger partial charge in [0.2, 0.25) is 5.91 Å². The van der Waals surface area contributed by atoms with E-state index in [4.69, 9.17) is 0 Å². The largest absolute Gasteiger partial charge is 0.393 e. The minimum atomic E-state index is -0.413. The predicted octanol–water partition coefficient (Wildman–Crippen LogP) is 1.31. The number of rotatable bonds is 5. The summed E-state index contributed by atoms with van der Waals surface area (Å²) in [5.74, 6) is -0.0729. The van der Waals surface area contributed by atoms with Crippen LogP contribution in [0, 0.1) is 0 Å². The molecule has 19 heavy (non-hydrogen) atoms. The van der Waals surface area contributed by atoms with Gasteiger partial charge in [-0.1, -0.05) is 12.1 Å². The van der Waals surface area contributed by atoms with Crippen molar-refractivity contribution in [1.29, 1.82) is 0 Å². The molecule has 0 spiro atoms. The van der Waals surface area contributed by atoms with Crippen molar-refractivity contribution in [2.75, 3.05) is 0 Å². The van der Waals surface area contributed by atoms with E-state index in [1.54, 1.807) is 13.3 Å². The van der Waals surface area contributed by atoms with Crippen LogP contribution in [-0.2, 0) is 11.3 Å². The second-order valence-electron chi connectivity index (χ2n) is 4.91. The van der Waals surface area contributed by atoms with Crippen LogP contribution in [0.3, 0.4) is 0 Å². The molecule has 1 aromatic heterocycles. The number of amides is 1. The van der Waals surface area contributed by atoms with Gasteiger partial charge in [-0.25, -0.2) is 4.98 Å². The maximum absolute atomic E-state index is 11.9. The van der Waals surface area contributed by atoms with Gasteiger partial charge in [-0.2, -0.15) is 0 Å². The van der Waals surface area contributed by atoms with Crippen LogP contribution < -0.4 is 5.32 Å². The maximum Gasteiger partial charge on any atom is 0.240 e. The van der Waals surface area contributed by atoms with Crippen molar-refractivity contribution in [2.45, 2.75) is 39.0 Å². The standard InChI is InChI=1S/C14H19N3O2/c1-10(7-11(2)18)16-14(19)8-17-9-15-12-5-3-4-6-13(12)17/h3-6,9-11,18H,7-8H2,1-2H3,(H,16,19). The Morgan fingerprint density at radius 3 is 2.89 bits per heavy atom. The fourth-order valence-corrected chi connectivity index (χ4v) is 2.18. The van der Waals surface area contributed by atoms with Crippen LogP contribution in [0.2, 0.25) is 0 Å². The topological polar surface area (TPSA) is 67.2 Å². The summed E-state index contributed by atoms with van der Waals surface area (Å²) in [7, 11) is 0. The average molecular weight is 261 g/mol. The number of benzene rings is 1. The molecule has 0 saturated heterocycles. The molecule has 0 aliphatic heterocycles. The van der Waals surface area contributed by atoms with E-state index in [0.717, 1.165) is 11.0 Å². The summed E-state index contributed by atoms with van der Waals surface area (Å²) in [5.41, 5.74) is 1.83. The minimum Gasteiger partial charge on any atom is -0.393 e. The summed E-state index contributed by atoms with van der Waals surface area (Å²) in [4.78, 5) is 16.1. The number of carbonyl (C=O) groups excluding carboxylic acids is 1. The molecule has 0 aliphatic carbocycles. The monoisotopic (exact) mass is 261 g/mol. The van der Waals surface area contributed by atoms with Crippen LogP contribution in [0.4, 0.5) is 0 Å². The zero-order valence-electron chi connectivity index (χ0n) is 11.2. The highest BCUT2D eigenvalue weighted by Gasteiger charge is 2.11. The van der Waals surface area contributed by atoms with Gasteiger partial charge in [-0.05, 0) is 32.4 Å². The highest BCUT2D eigenvalue weighted by Crippen LogP contribution is 2.11. The fraction of sp³-hybridized carbons (Fsp3) is 0.429. The van der Waals surface area contributed by atoms with E-state index in [1.165, 1.54) is 0 Å². The van der Waals surface area contributed by atoms with Gasteiger partial charge in [0, 0.05) is 6.04 Å². The summed E-state index contributed by atoms with van der Waals surface area (Å²) in [6, 6.07) is 7.66. The van der Waals surface area contributed by atoms with Crippen molar-refractivity contribution in [2.24, 2.45) is 0 Å². The van der Waals surface area contributed by atoms with E-state index in [9.17, 15) is 9.90 Å². The zero-order chi connectivity index (χ0) is 13.8. The number of aliphatic hydroxyl groups is 1. The lowest BCUT2D eigenvalue weighted by molar-refractivity contribution is -0.122. The molecule has 2 atom stereocenters. The van der Waals surface area contributed by atoms with Gasteiger partial charge < -0.3 is 15.0 Å². The van der Waals surface area contributed by atoms with Crippen molar-refractivity contribution in [1.82, 2.24) is 14.9 Å². The molecule has 0 radical (unpaired) electrons. The highest BCUT2D eigenvalue weighted by atomic mass is 16.3. The van der Waals surface area contributed by atoms with Crippen LogP contribution in [0.1, 0.15) is 20.3 Å². The Balaban J connectivity index is 1.99. The average Bonchev–Trinajstić information content (AvgIpc) is 2.71. The number of carbonyl (C=O) groups is 1. The molecule has 0 aliphatic rings. The minimum absolute atomic E-state index is 0.0396. The number of hydrogen-bond acceptors (Lipinski definition) is 3. The predicted molar refractivity (Wildman–Crippen MR) is 73.6 cm³/mol. The van der Waals surface area contributed by atoms with Crippen LogP contribution in [0.25, 0.3) is 11.0 Å². The molecule has 1 heterocycles. The third kappa shape index (κ3) is 3.54. The first-order chi connectivity index (χ1) is 9.06. The Morgan fingerprint density at radius 1 is 1.42 bits per heavy atom. The third-order valence-electron chi connectivity index (χ3n) is 2.94. The summed E-state index contributed by atoms with van der Waals surface area (Å²) in [6.45, 7) is 3.84. The van der Waals surface area contributed by atoms with Crippen molar-refractivity contribution < 1.29 is 9.90 Å². The lowest BCUT2D eigenvalue weighted by atomic mass is 10.1. The van der Waals surface area contributed by atoms with Crippen molar-refractivity contribution in [3.63, 3.8) is 0 Å². The summed E-state index contributed by atoms with van der Waals surface area (Å²) >= 11 is 0. The molecule has 0 bridgehead atoms. The van der Waals surface area contributed by atoms with E-state index < -0.39 is 6.10 Å². The maximum atomic E-state index is 11.9. The first-order valence-corrected chi connectivity index (χ1v) is 6.43. The van der Waals surface area contributed by atoms with E-state index in [1.807, 2.05) is 35.8 Å². The van der Waals surface area contributed by atoms with Crippen molar-refractivity contribution >= 4 is 16.9 Å². The second-order valence-corrected chi connectivity index (χ2v) is 4.91. The molecule has 2 N–H and O–H groups in total. The van der Waals surface area contributed by atoms with Crippen LogP contribution in [0.15, 0.2) is 30.6 Å². The molecule has 2 rings (SSSR count). The second kappa shape index (κ2) is 5.84. The number of fused-ring (bicyclic) bond motifs is 1. The molecular formula is C14H19N3O2. The lowest BCUT2D eigenvalue weighted by Crippen LogP contribution is -2.36. The fourth-order valence-electron chi connectivity index (χ4n) is 2.18. The molecular weight excluding hydrogens is 242 g/mol. The molecule has 102 valence electrons. The molecule has 2 aromatic rings. The van der Waals surface area contributed by atoms with Crippen LogP contribution in [0.5, 0.6) is 0 Å². The van der Waals surface area contributed by atoms with Gasteiger partial charge in [0.1, 0.15) is 6.54 Å². The van der Waals surface area contributed by atoms with Gasteiger partial charge in [0.25, 0.3) is 0 Å². The van der Waals surface area contributed by atoms with Crippen LogP contribution in [-0.4, -0.2) is 32.7 Å².